The Morgan fingerprint density at radius 1 is 1.30 bits per heavy atom. The smallest absolute Gasteiger partial charge is 0.310 e. The van der Waals surface area contributed by atoms with E-state index in [1.807, 2.05) is 0 Å². The van der Waals surface area contributed by atoms with Gasteiger partial charge >= 0.3 is 5.97 Å². The summed E-state index contributed by atoms with van der Waals surface area (Å²) >= 11 is 0. The van der Waals surface area contributed by atoms with Crippen LogP contribution in [0.5, 0.6) is 11.5 Å². The second kappa shape index (κ2) is 6.78. The minimum atomic E-state index is -1.20. The molecule has 23 heavy (non-hydrogen) atoms. The number of rotatable bonds is 5. The van der Waals surface area contributed by atoms with E-state index in [9.17, 15) is 15.0 Å². The molecular formula is C16H21NO6. The lowest BCUT2D eigenvalue weighted by Gasteiger charge is -2.33. The Morgan fingerprint density at radius 2 is 2.00 bits per heavy atom. The van der Waals surface area contributed by atoms with Gasteiger partial charge in [0.1, 0.15) is 6.10 Å². The Hall–Kier alpha value is -2.41. The molecule has 0 amide bonds. The van der Waals surface area contributed by atoms with Gasteiger partial charge in [0, 0.05) is 12.6 Å². The average molecular weight is 323 g/mol. The minimum absolute atomic E-state index is 0.157. The normalized spacial score (nSPS) is 16.9. The number of benzene rings is 1. The predicted octanol–water partition coefficient (Wildman–Crippen LogP) is 1.91. The minimum Gasteiger partial charge on any atom is -0.494 e. The monoisotopic (exact) mass is 323 g/mol. The highest BCUT2D eigenvalue weighted by atomic mass is 16.5. The maximum Gasteiger partial charge on any atom is 0.310 e. The zero-order valence-corrected chi connectivity index (χ0v) is 13.6. The fourth-order valence-corrected chi connectivity index (χ4v) is 2.67. The second-order valence-corrected chi connectivity index (χ2v) is 5.03. The van der Waals surface area contributed by atoms with Gasteiger partial charge in [0.2, 0.25) is 0 Å². The van der Waals surface area contributed by atoms with Crippen molar-refractivity contribution < 1.29 is 29.2 Å². The second-order valence-electron chi connectivity index (χ2n) is 5.03. The zero-order chi connectivity index (χ0) is 17.1. The molecule has 1 unspecified atom stereocenters. The molecule has 1 aromatic rings. The molecule has 0 saturated carbocycles. The largest absolute Gasteiger partial charge is 0.494 e. The van der Waals surface area contributed by atoms with Crippen LogP contribution in [-0.4, -0.2) is 44.1 Å². The van der Waals surface area contributed by atoms with Crippen LogP contribution in [0.25, 0.3) is 0 Å². The summed E-state index contributed by atoms with van der Waals surface area (Å²) in [5, 5.41) is 21.0. The maximum absolute atomic E-state index is 11.7. The lowest BCUT2D eigenvalue weighted by atomic mass is 9.92. The quantitative estimate of drug-likeness (QED) is 0.800. The molecule has 0 saturated heterocycles. The topological polar surface area (TPSA) is 88.5 Å². The predicted molar refractivity (Wildman–Crippen MR) is 83.8 cm³/mol. The van der Waals surface area contributed by atoms with E-state index in [1.165, 1.54) is 19.1 Å². The average Bonchev–Trinajstić information content (AvgIpc) is 2.55. The number of nitrogens with zero attached hydrogens (tertiary/aromatic N) is 1. The molecule has 2 rings (SSSR count). The first-order valence-electron chi connectivity index (χ1n) is 7.20. The first kappa shape index (κ1) is 17.0. The van der Waals surface area contributed by atoms with Crippen LogP contribution in [-0.2, 0) is 9.53 Å². The van der Waals surface area contributed by atoms with Crippen LogP contribution in [0.3, 0.4) is 0 Å². The third-order valence-corrected chi connectivity index (χ3v) is 3.77. The van der Waals surface area contributed by atoms with Crippen LogP contribution >= 0.6 is 0 Å². The summed E-state index contributed by atoms with van der Waals surface area (Å²) in [5.41, 5.74) is 1.16. The molecule has 0 aliphatic carbocycles. The molecule has 2 N–H and O–H groups in total. The Balaban J connectivity index is 2.52. The molecule has 0 radical (unpaired) electrons. The zero-order valence-electron chi connectivity index (χ0n) is 13.6. The Labute approximate surface area is 134 Å². The molecule has 1 aliphatic rings. The fraction of sp³-hybridized carbons (Fsp3) is 0.438. The third kappa shape index (κ3) is 2.92. The number of methoxy groups -OCH3 is 2. The van der Waals surface area contributed by atoms with Gasteiger partial charge < -0.3 is 29.3 Å². The van der Waals surface area contributed by atoms with Crippen molar-refractivity contribution in [1.29, 1.82) is 0 Å². The molecule has 1 heterocycles. The standard InChI is InChI=1S/C16H21NO6/c1-5-23-12(18)8-9-14(19)13-10(17(2)16(9)20)6-7-11(21-3)15(13)22-4/h6-7,14,19-20H,5,8H2,1-4H3. The number of hydrogen-bond acceptors (Lipinski definition) is 7. The number of aliphatic hydroxyl groups is 2. The van der Waals surface area contributed by atoms with Crippen molar-refractivity contribution in [3.63, 3.8) is 0 Å². The summed E-state index contributed by atoms with van der Waals surface area (Å²) in [6, 6.07) is 3.39. The molecule has 1 aromatic carbocycles. The summed E-state index contributed by atoms with van der Waals surface area (Å²) in [6.45, 7) is 1.92. The van der Waals surface area contributed by atoms with Gasteiger partial charge in [-0.2, -0.15) is 0 Å². The van der Waals surface area contributed by atoms with Gasteiger partial charge in [0.25, 0.3) is 0 Å². The number of carbonyl (C=O) groups excluding carboxylic acids is 1. The molecule has 0 spiro atoms. The van der Waals surface area contributed by atoms with Gasteiger partial charge in [-0.05, 0) is 19.1 Å². The number of fused-ring (bicyclic) bond motifs is 1. The van der Waals surface area contributed by atoms with Crippen LogP contribution in [0, 0.1) is 0 Å². The molecule has 0 bridgehead atoms. The van der Waals surface area contributed by atoms with Gasteiger partial charge in [-0.15, -0.1) is 0 Å². The molecule has 1 aliphatic heterocycles. The Morgan fingerprint density at radius 3 is 2.57 bits per heavy atom. The lowest BCUT2D eigenvalue weighted by Crippen LogP contribution is -2.28. The fourth-order valence-electron chi connectivity index (χ4n) is 2.67. The van der Waals surface area contributed by atoms with Crippen molar-refractivity contribution in [1.82, 2.24) is 0 Å². The van der Waals surface area contributed by atoms with E-state index in [1.54, 1.807) is 26.1 Å². The Bertz CT molecular complexity index is 640. The number of aliphatic hydroxyl groups excluding tert-OH is 2. The first-order chi connectivity index (χ1) is 11.0. The molecule has 0 aromatic heterocycles. The van der Waals surface area contributed by atoms with Crippen molar-refractivity contribution >= 4 is 11.7 Å². The lowest BCUT2D eigenvalue weighted by molar-refractivity contribution is -0.142. The molecule has 7 heteroatoms. The number of carbonyl (C=O) groups is 1. The van der Waals surface area contributed by atoms with E-state index in [4.69, 9.17) is 14.2 Å². The van der Waals surface area contributed by atoms with Crippen LogP contribution in [0.1, 0.15) is 25.0 Å². The highest BCUT2D eigenvalue weighted by Crippen LogP contribution is 2.48. The van der Waals surface area contributed by atoms with Crippen molar-refractivity contribution in [3.8, 4) is 11.5 Å². The van der Waals surface area contributed by atoms with E-state index in [0.717, 1.165) is 0 Å². The van der Waals surface area contributed by atoms with E-state index in [0.29, 0.717) is 22.7 Å². The van der Waals surface area contributed by atoms with Crippen LogP contribution in [0.2, 0.25) is 0 Å². The SMILES string of the molecule is CCOC(=O)CC1=C(O)N(C)c2ccc(OC)c(OC)c2C1O. The van der Waals surface area contributed by atoms with Gasteiger partial charge in [-0.3, -0.25) is 4.79 Å². The number of esters is 1. The van der Waals surface area contributed by atoms with Gasteiger partial charge in [-0.25, -0.2) is 0 Å². The Kier molecular flexibility index (Phi) is 5.00. The highest BCUT2D eigenvalue weighted by Gasteiger charge is 2.35. The van der Waals surface area contributed by atoms with Gasteiger partial charge in [0.15, 0.2) is 17.4 Å². The van der Waals surface area contributed by atoms with Crippen LogP contribution < -0.4 is 14.4 Å². The van der Waals surface area contributed by atoms with Crippen LogP contribution in [0.15, 0.2) is 23.6 Å². The third-order valence-electron chi connectivity index (χ3n) is 3.77. The molecular weight excluding hydrogens is 302 g/mol. The molecule has 0 fully saturated rings. The highest BCUT2D eigenvalue weighted by molar-refractivity contribution is 5.76. The van der Waals surface area contributed by atoms with Gasteiger partial charge in [-0.1, -0.05) is 0 Å². The van der Waals surface area contributed by atoms with E-state index >= 15 is 0 Å². The molecule has 1 atom stereocenters. The van der Waals surface area contributed by atoms with E-state index < -0.39 is 12.1 Å². The summed E-state index contributed by atoms with van der Waals surface area (Å²) in [7, 11) is 4.60. The number of anilines is 1. The summed E-state index contributed by atoms with van der Waals surface area (Å²) < 4.78 is 15.5. The summed E-state index contributed by atoms with van der Waals surface area (Å²) in [5.74, 6) is 0.117. The van der Waals surface area contributed by atoms with Crippen molar-refractivity contribution in [2.75, 3.05) is 32.8 Å². The van der Waals surface area contributed by atoms with Crippen molar-refractivity contribution in [2.45, 2.75) is 19.4 Å². The summed E-state index contributed by atoms with van der Waals surface area (Å²) in [6.07, 6.45) is -1.42. The van der Waals surface area contributed by atoms with Crippen molar-refractivity contribution in [3.05, 3.63) is 29.2 Å². The van der Waals surface area contributed by atoms with Crippen LogP contribution in [0.4, 0.5) is 5.69 Å². The van der Waals surface area contributed by atoms with Crippen molar-refractivity contribution in [2.24, 2.45) is 0 Å². The maximum atomic E-state index is 11.7. The van der Waals surface area contributed by atoms with E-state index in [2.05, 4.69) is 0 Å². The number of hydrogen-bond donors (Lipinski definition) is 2. The molecule has 126 valence electrons. The van der Waals surface area contributed by atoms with E-state index in [-0.39, 0.29) is 24.5 Å². The van der Waals surface area contributed by atoms with Gasteiger partial charge in [0.05, 0.1) is 38.5 Å². The molecule has 7 nitrogen and oxygen atoms in total. The number of ether oxygens (including phenoxy) is 3. The first-order valence-corrected chi connectivity index (χ1v) is 7.20. The summed E-state index contributed by atoms with van der Waals surface area (Å²) in [4.78, 5) is 13.2.